The Balaban J connectivity index is 1.35. The largest absolute Gasteiger partial charge is 0.487 e. The summed E-state index contributed by atoms with van der Waals surface area (Å²) in [6.07, 6.45) is 3.52. The van der Waals surface area contributed by atoms with Crippen molar-refractivity contribution in [2.24, 2.45) is 5.14 Å². The van der Waals surface area contributed by atoms with Gasteiger partial charge in [0.2, 0.25) is 10.2 Å². The maximum absolute atomic E-state index is 14.1. The molecule has 0 aliphatic carbocycles. The summed E-state index contributed by atoms with van der Waals surface area (Å²) < 4.78 is 41.7. The minimum absolute atomic E-state index is 0.0254. The quantitative estimate of drug-likeness (QED) is 0.178. The summed E-state index contributed by atoms with van der Waals surface area (Å²) in [4.78, 5) is 31.8. The molecular formula is C29H30N6O7S2. The smallest absolute Gasteiger partial charge is 0.307 e. The van der Waals surface area contributed by atoms with Gasteiger partial charge in [-0.3, -0.25) is 9.59 Å². The van der Waals surface area contributed by atoms with Crippen LogP contribution in [-0.4, -0.2) is 58.3 Å². The van der Waals surface area contributed by atoms with Crippen LogP contribution in [0.4, 0.5) is 0 Å². The molecular weight excluding hydrogens is 608 g/mol. The number of rotatable bonds is 14. The van der Waals surface area contributed by atoms with E-state index >= 15 is 0 Å². The number of fused-ring (bicyclic) bond motifs is 1. The van der Waals surface area contributed by atoms with Gasteiger partial charge in [-0.15, -0.1) is 16.4 Å². The van der Waals surface area contributed by atoms with Gasteiger partial charge in [-0.05, 0) is 42.8 Å². The molecule has 0 spiro atoms. The topological polar surface area (TPSA) is 173 Å². The highest BCUT2D eigenvalue weighted by molar-refractivity contribution is 7.91. The zero-order valence-electron chi connectivity index (χ0n) is 23.7. The fraction of sp³-hybridized carbons (Fsp3) is 0.276. The molecule has 5 aromatic rings. The maximum Gasteiger partial charge on any atom is 0.307 e. The first-order valence-corrected chi connectivity index (χ1v) is 16.0. The van der Waals surface area contributed by atoms with Gasteiger partial charge in [0, 0.05) is 13.0 Å². The maximum atomic E-state index is 14.1. The number of benzene rings is 2. The SMILES string of the molecule is CCOC(=O)CCN(Cc1ccco1)C(=O)[C@H](Cc1ccccc1)n1cc(COc2ccc3nc(S(N)(=O)=O)sc3c2)nn1. The van der Waals surface area contributed by atoms with E-state index in [-0.39, 0.29) is 43.0 Å². The van der Waals surface area contributed by atoms with E-state index in [2.05, 4.69) is 15.3 Å². The van der Waals surface area contributed by atoms with Crippen molar-refractivity contribution in [2.75, 3.05) is 13.2 Å². The van der Waals surface area contributed by atoms with E-state index in [1.807, 2.05) is 30.3 Å². The first kappa shape index (κ1) is 30.8. The molecule has 0 aliphatic rings. The molecule has 0 aliphatic heterocycles. The summed E-state index contributed by atoms with van der Waals surface area (Å²) in [5.41, 5.74) is 1.87. The lowest BCUT2D eigenvalue weighted by molar-refractivity contribution is -0.144. The van der Waals surface area contributed by atoms with Crippen molar-refractivity contribution in [3.63, 3.8) is 0 Å². The lowest BCUT2D eigenvalue weighted by atomic mass is 10.0. The lowest BCUT2D eigenvalue weighted by Gasteiger charge is -2.26. The standard InChI is InChI=1S/C29H30N6O7S2/c1-2-40-27(36)12-13-34(18-23-9-6-14-41-23)28(37)25(15-20-7-4-3-5-8-20)35-17-21(32-33-35)19-42-22-10-11-24-26(16-22)43-29(31-24)44(30,38)39/h3-11,14,16-17,25H,2,12-13,15,18-19H2,1H3,(H2,30,38,39)/t25-/m0/s1. The number of hydrogen-bond acceptors (Lipinski definition) is 11. The van der Waals surface area contributed by atoms with Crippen LogP contribution in [0.15, 0.2) is 81.9 Å². The fourth-order valence-corrected chi connectivity index (χ4v) is 6.13. The van der Waals surface area contributed by atoms with Crippen molar-refractivity contribution in [3.05, 3.63) is 90.1 Å². The number of ether oxygens (including phenoxy) is 2. The molecule has 1 amide bonds. The molecule has 2 N–H and O–H groups in total. The third kappa shape index (κ3) is 7.86. The van der Waals surface area contributed by atoms with Gasteiger partial charge in [0.25, 0.3) is 10.0 Å². The van der Waals surface area contributed by atoms with Crippen LogP contribution in [0.1, 0.15) is 36.4 Å². The molecule has 3 aromatic heterocycles. The molecule has 44 heavy (non-hydrogen) atoms. The zero-order valence-corrected chi connectivity index (χ0v) is 25.4. The summed E-state index contributed by atoms with van der Waals surface area (Å²) in [5.74, 6) is 0.370. The van der Waals surface area contributed by atoms with E-state index in [1.54, 1.807) is 48.4 Å². The van der Waals surface area contributed by atoms with E-state index in [9.17, 15) is 18.0 Å². The van der Waals surface area contributed by atoms with E-state index in [4.69, 9.17) is 19.0 Å². The number of aromatic nitrogens is 4. The van der Waals surface area contributed by atoms with Gasteiger partial charge in [0.15, 0.2) is 0 Å². The molecule has 0 bridgehead atoms. The third-order valence-corrected chi connectivity index (χ3v) is 8.87. The third-order valence-electron chi connectivity index (χ3n) is 6.53. The van der Waals surface area contributed by atoms with E-state index < -0.39 is 22.0 Å². The van der Waals surface area contributed by atoms with E-state index in [0.29, 0.717) is 33.8 Å². The first-order chi connectivity index (χ1) is 21.2. The Hall–Kier alpha value is -4.60. The van der Waals surface area contributed by atoms with Crippen LogP contribution in [0.25, 0.3) is 10.2 Å². The van der Waals surface area contributed by atoms with Crippen molar-refractivity contribution in [2.45, 2.75) is 43.3 Å². The van der Waals surface area contributed by atoms with Crippen LogP contribution < -0.4 is 9.88 Å². The van der Waals surface area contributed by atoms with Gasteiger partial charge in [-0.1, -0.05) is 35.5 Å². The molecule has 0 saturated carbocycles. The Morgan fingerprint density at radius 1 is 1.14 bits per heavy atom. The second-order valence-corrected chi connectivity index (χ2v) is 12.5. The molecule has 1 atom stereocenters. The van der Waals surface area contributed by atoms with Gasteiger partial charge < -0.3 is 18.8 Å². The predicted octanol–water partition coefficient (Wildman–Crippen LogP) is 3.47. The zero-order chi connectivity index (χ0) is 31.1. The molecule has 13 nitrogen and oxygen atoms in total. The number of carbonyl (C=O) groups is 2. The van der Waals surface area contributed by atoms with Gasteiger partial charge in [0.1, 0.15) is 29.9 Å². The summed E-state index contributed by atoms with van der Waals surface area (Å²) in [5, 5.41) is 13.7. The number of nitrogens with zero attached hydrogens (tertiary/aromatic N) is 5. The number of sulfonamides is 1. The van der Waals surface area contributed by atoms with Crippen molar-refractivity contribution in [1.82, 2.24) is 24.9 Å². The van der Waals surface area contributed by atoms with Gasteiger partial charge in [0.05, 0.1) is 42.2 Å². The van der Waals surface area contributed by atoms with Gasteiger partial charge in [-0.2, -0.15) is 0 Å². The molecule has 5 rings (SSSR count). The number of nitrogens with two attached hydrogens (primary N) is 1. The van der Waals surface area contributed by atoms with Crippen LogP contribution in [-0.2, 0) is 43.9 Å². The van der Waals surface area contributed by atoms with Crippen molar-refractivity contribution >= 4 is 43.5 Å². The molecule has 15 heteroatoms. The number of esters is 1. The molecule has 3 heterocycles. The fourth-order valence-electron chi connectivity index (χ4n) is 4.44. The Kier molecular flexibility index (Phi) is 9.67. The molecule has 0 saturated heterocycles. The predicted molar refractivity (Wildman–Crippen MR) is 160 cm³/mol. The Morgan fingerprint density at radius 3 is 2.68 bits per heavy atom. The highest BCUT2D eigenvalue weighted by Crippen LogP contribution is 2.28. The van der Waals surface area contributed by atoms with E-state index in [0.717, 1.165) is 16.9 Å². The van der Waals surface area contributed by atoms with Crippen LogP contribution in [0.2, 0.25) is 0 Å². The number of thiazole rings is 1. The number of hydrogen-bond donors (Lipinski definition) is 1. The van der Waals surface area contributed by atoms with Crippen molar-refractivity contribution in [1.29, 1.82) is 0 Å². The van der Waals surface area contributed by atoms with Crippen molar-refractivity contribution < 1.29 is 31.9 Å². The Morgan fingerprint density at radius 2 is 1.95 bits per heavy atom. The Labute approximate surface area is 257 Å². The summed E-state index contributed by atoms with van der Waals surface area (Å²) >= 11 is 0.950. The number of primary sulfonamides is 1. The Bertz CT molecular complexity index is 1820. The molecule has 0 radical (unpaired) electrons. The highest BCUT2D eigenvalue weighted by Gasteiger charge is 2.29. The van der Waals surface area contributed by atoms with Crippen molar-refractivity contribution in [3.8, 4) is 5.75 Å². The number of furan rings is 1. The number of carbonyl (C=O) groups excluding carboxylic acids is 2. The first-order valence-electron chi connectivity index (χ1n) is 13.7. The molecule has 0 fully saturated rings. The van der Waals surface area contributed by atoms with Gasteiger partial charge >= 0.3 is 5.97 Å². The second kappa shape index (κ2) is 13.8. The summed E-state index contributed by atoms with van der Waals surface area (Å²) in [7, 11) is -3.91. The molecule has 0 unspecified atom stereocenters. The van der Waals surface area contributed by atoms with E-state index in [1.165, 1.54) is 10.9 Å². The molecule has 230 valence electrons. The molecule has 2 aromatic carbocycles. The minimum Gasteiger partial charge on any atom is -0.487 e. The van der Waals surface area contributed by atoms with Gasteiger partial charge in [-0.25, -0.2) is 23.2 Å². The second-order valence-electron chi connectivity index (χ2n) is 9.73. The lowest BCUT2D eigenvalue weighted by Crippen LogP contribution is -2.39. The normalized spacial score (nSPS) is 12.2. The monoisotopic (exact) mass is 638 g/mol. The summed E-state index contributed by atoms with van der Waals surface area (Å²) in [6.45, 7) is 2.31. The van der Waals surface area contributed by atoms with Crippen LogP contribution in [0.5, 0.6) is 5.75 Å². The van der Waals surface area contributed by atoms with Crippen LogP contribution in [0.3, 0.4) is 0 Å². The van der Waals surface area contributed by atoms with Crippen LogP contribution in [0, 0.1) is 0 Å². The van der Waals surface area contributed by atoms with Crippen LogP contribution >= 0.6 is 11.3 Å². The average molecular weight is 639 g/mol. The summed E-state index contributed by atoms with van der Waals surface area (Å²) in [6, 6.07) is 17.2. The number of amides is 1. The minimum atomic E-state index is -3.91. The highest BCUT2D eigenvalue weighted by atomic mass is 32.2. The average Bonchev–Trinajstić information content (AvgIpc) is 3.78.